The van der Waals surface area contributed by atoms with Gasteiger partial charge in [0.05, 0.1) is 0 Å². The van der Waals surface area contributed by atoms with Gasteiger partial charge in [0.1, 0.15) is 17.4 Å². The minimum Gasteiger partial charge on any atom is -0.300 e. The lowest BCUT2D eigenvalue weighted by Gasteiger charge is -2.18. The quantitative estimate of drug-likeness (QED) is 0.777. The third-order valence-electron chi connectivity index (χ3n) is 4.07. The first kappa shape index (κ1) is 15.4. The third kappa shape index (κ3) is 3.35. The van der Waals surface area contributed by atoms with E-state index in [1.807, 2.05) is 26.0 Å². The van der Waals surface area contributed by atoms with Crippen LogP contribution in [0.2, 0.25) is 0 Å². The van der Waals surface area contributed by atoms with E-state index in [1.54, 1.807) is 19.1 Å². The molecule has 2 atom stereocenters. The van der Waals surface area contributed by atoms with Crippen molar-refractivity contribution in [2.45, 2.75) is 26.7 Å². The Morgan fingerprint density at radius 1 is 1.00 bits per heavy atom. The van der Waals surface area contributed by atoms with Crippen LogP contribution in [0.1, 0.15) is 32.3 Å². The standard InChI is InChI=1S/C18H18F2O/c1-11(13(3)21)12(2)14-4-6-15(7-5-14)17-9-8-16(19)10-18(17)20/h4-12H,1-3H3. The Bertz CT molecular complexity index is 647. The number of carbonyl (C=O) groups is 1. The van der Waals surface area contributed by atoms with E-state index >= 15 is 0 Å². The van der Waals surface area contributed by atoms with Crippen LogP contribution < -0.4 is 0 Å². The summed E-state index contributed by atoms with van der Waals surface area (Å²) in [5.41, 5.74) is 2.10. The highest BCUT2D eigenvalue weighted by atomic mass is 19.1. The second kappa shape index (κ2) is 6.17. The van der Waals surface area contributed by atoms with Crippen molar-refractivity contribution in [2.75, 3.05) is 0 Å². The monoisotopic (exact) mass is 288 g/mol. The fourth-order valence-corrected chi connectivity index (χ4v) is 2.33. The molecule has 2 aromatic carbocycles. The summed E-state index contributed by atoms with van der Waals surface area (Å²) in [6.07, 6.45) is 0. The Morgan fingerprint density at radius 3 is 2.14 bits per heavy atom. The predicted molar refractivity (Wildman–Crippen MR) is 80.1 cm³/mol. The zero-order valence-corrected chi connectivity index (χ0v) is 12.4. The molecule has 0 amide bonds. The van der Waals surface area contributed by atoms with Gasteiger partial charge in [-0.15, -0.1) is 0 Å². The molecule has 0 aromatic heterocycles. The fraction of sp³-hybridized carbons (Fsp3) is 0.278. The first-order valence-electron chi connectivity index (χ1n) is 6.96. The van der Waals surface area contributed by atoms with E-state index in [0.717, 1.165) is 11.6 Å². The van der Waals surface area contributed by atoms with Crippen molar-refractivity contribution in [2.24, 2.45) is 5.92 Å². The number of hydrogen-bond donors (Lipinski definition) is 0. The van der Waals surface area contributed by atoms with Gasteiger partial charge < -0.3 is 0 Å². The summed E-state index contributed by atoms with van der Waals surface area (Å²) in [6, 6.07) is 10.9. The Labute approximate surface area is 123 Å². The maximum absolute atomic E-state index is 13.7. The van der Waals surface area contributed by atoms with E-state index in [0.29, 0.717) is 11.1 Å². The smallest absolute Gasteiger partial charge is 0.133 e. The average Bonchev–Trinajstić information content (AvgIpc) is 2.46. The van der Waals surface area contributed by atoms with Crippen LogP contribution in [-0.2, 0) is 4.79 Å². The summed E-state index contributed by atoms with van der Waals surface area (Å²) >= 11 is 0. The Morgan fingerprint density at radius 2 is 1.62 bits per heavy atom. The van der Waals surface area contributed by atoms with Crippen LogP contribution in [-0.4, -0.2) is 5.78 Å². The number of rotatable bonds is 4. The highest BCUT2D eigenvalue weighted by Crippen LogP contribution is 2.28. The summed E-state index contributed by atoms with van der Waals surface area (Å²) in [5.74, 6) is -0.964. The van der Waals surface area contributed by atoms with E-state index in [2.05, 4.69) is 0 Å². The maximum atomic E-state index is 13.7. The molecule has 0 heterocycles. The van der Waals surface area contributed by atoms with Crippen LogP contribution >= 0.6 is 0 Å². The zero-order chi connectivity index (χ0) is 15.6. The summed E-state index contributed by atoms with van der Waals surface area (Å²) in [6.45, 7) is 5.49. The van der Waals surface area contributed by atoms with Gasteiger partial charge in [0.2, 0.25) is 0 Å². The number of halogens is 2. The van der Waals surface area contributed by atoms with Crippen LogP contribution in [0.25, 0.3) is 11.1 Å². The van der Waals surface area contributed by atoms with Gasteiger partial charge in [-0.05, 0) is 36.1 Å². The molecule has 1 nitrogen and oxygen atoms in total. The van der Waals surface area contributed by atoms with Crippen LogP contribution in [0.4, 0.5) is 8.78 Å². The van der Waals surface area contributed by atoms with Crippen molar-refractivity contribution < 1.29 is 13.6 Å². The third-order valence-corrected chi connectivity index (χ3v) is 4.07. The van der Waals surface area contributed by atoms with E-state index in [1.165, 1.54) is 12.1 Å². The minimum atomic E-state index is -0.586. The van der Waals surface area contributed by atoms with Crippen LogP contribution in [0.5, 0.6) is 0 Å². The maximum Gasteiger partial charge on any atom is 0.133 e. The van der Waals surface area contributed by atoms with E-state index in [-0.39, 0.29) is 17.6 Å². The molecule has 0 aliphatic carbocycles. The van der Waals surface area contributed by atoms with Gasteiger partial charge in [0.15, 0.2) is 0 Å². The van der Waals surface area contributed by atoms with Crippen molar-refractivity contribution in [1.82, 2.24) is 0 Å². The van der Waals surface area contributed by atoms with Crippen LogP contribution in [0.15, 0.2) is 42.5 Å². The fourth-order valence-electron chi connectivity index (χ4n) is 2.33. The lowest BCUT2D eigenvalue weighted by Crippen LogP contribution is -2.14. The molecule has 2 rings (SSSR count). The predicted octanol–water partition coefficient (Wildman–Crippen LogP) is 4.96. The molecule has 0 aliphatic rings. The van der Waals surface area contributed by atoms with E-state index in [9.17, 15) is 13.6 Å². The lowest BCUT2D eigenvalue weighted by atomic mass is 9.86. The molecule has 0 spiro atoms. The molecule has 110 valence electrons. The zero-order valence-electron chi connectivity index (χ0n) is 12.4. The van der Waals surface area contributed by atoms with Gasteiger partial charge in [-0.2, -0.15) is 0 Å². The van der Waals surface area contributed by atoms with Crippen molar-refractivity contribution in [3.05, 3.63) is 59.7 Å². The first-order chi connectivity index (χ1) is 9.90. The number of ketones is 1. The number of carbonyl (C=O) groups excluding carboxylic acids is 1. The average molecular weight is 288 g/mol. The normalized spacial score (nSPS) is 13.8. The summed E-state index contributed by atoms with van der Waals surface area (Å²) in [4.78, 5) is 11.4. The molecule has 0 fully saturated rings. The summed E-state index contributed by atoms with van der Waals surface area (Å²) < 4.78 is 26.7. The van der Waals surface area contributed by atoms with Gasteiger partial charge in [0.25, 0.3) is 0 Å². The molecule has 3 heteroatoms. The van der Waals surface area contributed by atoms with Crippen LogP contribution in [0.3, 0.4) is 0 Å². The second-order valence-electron chi connectivity index (χ2n) is 5.43. The van der Waals surface area contributed by atoms with Crippen molar-refractivity contribution in [3.63, 3.8) is 0 Å². The lowest BCUT2D eigenvalue weighted by molar-refractivity contribution is -0.120. The van der Waals surface area contributed by atoms with Gasteiger partial charge in [-0.25, -0.2) is 8.78 Å². The largest absolute Gasteiger partial charge is 0.300 e. The van der Waals surface area contributed by atoms with Gasteiger partial charge in [0, 0.05) is 17.5 Å². The molecule has 2 unspecified atom stereocenters. The SMILES string of the molecule is CC(=O)C(C)C(C)c1ccc(-c2ccc(F)cc2F)cc1. The molecule has 0 aliphatic heterocycles. The Hall–Kier alpha value is -2.03. The summed E-state index contributed by atoms with van der Waals surface area (Å²) in [5, 5.41) is 0. The van der Waals surface area contributed by atoms with E-state index < -0.39 is 11.6 Å². The van der Waals surface area contributed by atoms with E-state index in [4.69, 9.17) is 0 Å². The highest BCUT2D eigenvalue weighted by molar-refractivity contribution is 5.79. The highest BCUT2D eigenvalue weighted by Gasteiger charge is 2.18. The molecule has 0 radical (unpaired) electrons. The van der Waals surface area contributed by atoms with Gasteiger partial charge >= 0.3 is 0 Å². The number of hydrogen-bond acceptors (Lipinski definition) is 1. The molecule has 0 N–H and O–H groups in total. The molecular formula is C18H18F2O. The molecule has 21 heavy (non-hydrogen) atoms. The summed E-state index contributed by atoms with van der Waals surface area (Å²) in [7, 11) is 0. The molecule has 2 aromatic rings. The Kier molecular flexibility index (Phi) is 4.51. The van der Waals surface area contributed by atoms with Crippen LogP contribution in [0, 0.1) is 17.6 Å². The minimum absolute atomic E-state index is 0.0570. The first-order valence-corrected chi connectivity index (χ1v) is 6.96. The number of Topliss-reactive ketones (excluding diaryl/α,β-unsaturated/α-hetero) is 1. The molecule has 0 saturated heterocycles. The number of benzene rings is 2. The van der Waals surface area contributed by atoms with Crippen molar-refractivity contribution >= 4 is 5.78 Å². The van der Waals surface area contributed by atoms with Gasteiger partial charge in [-0.3, -0.25) is 4.79 Å². The van der Waals surface area contributed by atoms with Crippen molar-refractivity contribution in [3.8, 4) is 11.1 Å². The van der Waals surface area contributed by atoms with Crippen molar-refractivity contribution in [1.29, 1.82) is 0 Å². The molecule has 0 saturated carbocycles. The Balaban J connectivity index is 2.28. The van der Waals surface area contributed by atoms with Gasteiger partial charge in [-0.1, -0.05) is 38.1 Å². The molecule has 0 bridgehead atoms. The topological polar surface area (TPSA) is 17.1 Å². The second-order valence-corrected chi connectivity index (χ2v) is 5.43. The molecular weight excluding hydrogens is 270 g/mol.